The standard InChI is InChI=1S/C22H27NO5/c1-4-13-26-19-7-5-6-8-20(19)27-15-21(24)28-17(3)22(25)23-14-18-11-9-16(2)10-12-18/h5-12,17H,4,13-15H2,1-3H3,(H,23,25)/t17-/m0/s1. The molecule has 6 nitrogen and oxygen atoms in total. The van der Waals surface area contributed by atoms with E-state index in [1.807, 2.05) is 44.2 Å². The molecule has 0 spiro atoms. The van der Waals surface area contributed by atoms with Crippen LogP contribution in [0.3, 0.4) is 0 Å². The van der Waals surface area contributed by atoms with Crippen LogP contribution in [0.2, 0.25) is 0 Å². The lowest BCUT2D eigenvalue weighted by molar-refractivity contribution is -0.156. The van der Waals surface area contributed by atoms with Crippen LogP contribution in [0.1, 0.15) is 31.4 Å². The normalized spacial score (nSPS) is 11.4. The molecular formula is C22H27NO5. The lowest BCUT2D eigenvalue weighted by Crippen LogP contribution is -2.36. The van der Waals surface area contributed by atoms with Gasteiger partial charge in [0.15, 0.2) is 24.2 Å². The van der Waals surface area contributed by atoms with Gasteiger partial charge < -0.3 is 19.5 Å². The number of hydrogen-bond donors (Lipinski definition) is 1. The second-order valence-electron chi connectivity index (χ2n) is 6.42. The van der Waals surface area contributed by atoms with Gasteiger partial charge in [-0.05, 0) is 38.0 Å². The topological polar surface area (TPSA) is 73.9 Å². The summed E-state index contributed by atoms with van der Waals surface area (Å²) in [6.07, 6.45) is -0.0425. The summed E-state index contributed by atoms with van der Waals surface area (Å²) in [6.45, 7) is 6.16. The zero-order valence-corrected chi connectivity index (χ0v) is 16.6. The zero-order valence-electron chi connectivity index (χ0n) is 16.6. The highest BCUT2D eigenvalue weighted by molar-refractivity contribution is 5.83. The van der Waals surface area contributed by atoms with Gasteiger partial charge in [0.2, 0.25) is 0 Å². The Kier molecular flexibility index (Phi) is 8.34. The summed E-state index contributed by atoms with van der Waals surface area (Å²) in [6, 6.07) is 15.0. The van der Waals surface area contributed by atoms with E-state index < -0.39 is 12.1 Å². The van der Waals surface area contributed by atoms with Crippen molar-refractivity contribution in [1.82, 2.24) is 5.32 Å². The van der Waals surface area contributed by atoms with E-state index >= 15 is 0 Å². The van der Waals surface area contributed by atoms with Crippen LogP contribution in [0.25, 0.3) is 0 Å². The van der Waals surface area contributed by atoms with Crippen LogP contribution in [-0.2, 0) is 20.9 Å². The highest BCUT2D eigenvalue weighted by Gasteiger charge is 2.18. The molecule has 2 aromatic carbocycles. The quantitative estimate of drug-likeness (QED) is 0.635. The summed E-state index contributed by atoms with van der Waals surface area (Å²) in [7, 11) is 0. The Bertz CT molecular complexity index is 773. The van der Waals surface area contributed by atoms with Crippen molar-refractivity contribution >= 4 is 11.9 Å². The first kappa shape index (κ1) is 21.3. The van der Waals surface area contributed by atoms with Crippen LogP contribution in [0.5, 0.6) is 11.5 Å². The molecule has 0 aliphatic heterocycles. The van der Waals surface area contributed by atoms with Crippen LogP contribution in [-0.4, -0.2) is 31.2 Å². The number of esters is 1. The molecule has 2 rings (SSSR count). The molecule has 0 saturated heterocycles. The van der Waals surface area contributed by atoms with Gasteiger partial charge in [-0.25, -0.2) is 4.79 Å². The van der Waals surface area contributed by atoms with Gasteiger partial charge in [-0.1, -0.05) is 48.9 Å². The number of rotatable bonds is 10. The van der Waals surface area contributed by atoms with Crippen molar-refractivity contribution in [2.45, 2.75) is 39.8 Å². The Morgan fingerprint density at radius 2 is 1.64 bits per heavy atom. The molecule has 0 bridgehead atoms. The van der Waals surface area contributed by atoms with E-state index in [4.69, 9.17) is 14.2 Å². The maximum Gasteiger partial charge on any atom is 0.344 e. The number of para-hydroxylation sites is 2. The average molecular weight is 385 g/mol. The van der Waals surface area contributed by atoms with E-state index in [9.17, 15) is 9.59 Å². The van der Waals surface area contributed by atoms with Gasteiger partial charge in [-0.3, -0.25) is 4.79 Å². The maximum absolute atomic E-state index is 12.1. The van der Waals surface area contributed by atoms with Crippen molar-refractivity contribution in [3.8, 4) is 11.5 Å². The third-order valence-corrected chi connectivity index (χ3v) is 3.92. The Hall–Kier alpha value is -3.02. The number of hydrogen-bond acceptors (Lipinski definition) is 5. The van der Waals surface area contributed by atoms with Crippen molar-refractivity contribution in [3.63, 3.8) is 0 Å². The Balaban J connectivity index is 1.77. The highest BCUT2D eigenvalue weighted by Crippen LogP contribution is 2.26. The van der Waals surface area contributed by atoms with Crippen molar-refractivity contribution in [2.75, 3.05) is 13.2 Å². The number of benzene rings is 2. The number of carbonyl (C=O) groups excluding carboxylic acids is 2. The molecule has 6 heteroatoms. The molecule has 0 aliphatic carbocycles. The number of nitrogens with one attached hydrogen (secondary N) is 1. The molecular weight excluding hydrogens is 358 g/mol. The van der Waals surface area contributed by atoms with Gasteiger partial charge in [0.25, 0.3) is 5.91 Å². The summed E-state index contributed by atoms with van der Waals surface area (Å²) < 4.78 is 16.2. The van der Waals surface area contributed by atoms with Gasteiger partial charge in [0.05, 0.1) is 6.61 Å². The van der Waals surface area contributed by atoms with Crippen LogP contribution in [0.15, 0.2) is 48.5 Å². The van der Waals surface area contributed by atoms with E-state index in [-0.39, 0.29) is 12.5 Å². The average Bonchev–Trinajstić information content (AvgIpc) is 2.70. The first-order valence-electron chi connectivity index (χ1n) is 9.37. The highest BCUT2D eigenvalue weighted by atomic mass is 16.6. The van der Waals surface area contributed by atoms with Crippen molar-refractivity contribution in [3.05, 3.63) is 59.7 Å². The minimum Gasteiger partial charge on any atom is -0.490 e. The minimum atomic E-state index is -0.909. The van der Waals surface area contributed by atoms with Gasteiger partial charge in [0, 0.05) is 6.54 Å². The Labute approximate surface area is 165 Å². The number of aryl methyl sites for hydroxylation is 1. The fraction of sp³-hybridized carbons (Fsp3) is 0.364. The van der Waals surface area contributed by atoms with E-state index in [2.05, 4.69) is 5.32 Å². The lowest BCUT2D eigenvalue weighted by atomic mass is 10.1. The van der Waals surface area contributed by atoms with Gasteiger partial charge in [-0.2, -0.15) is 0 Å². The molecule has 0 radical (unpaired) electrons. The molecule has 0 heterocycles. The van der Waals surface area contributed by atoms with Gasteiger partial charge in [0.1, 0.15) is 0 Å². The summed E-state index contributed by atoms with van der Waals surface area (Å²) in [5.74, 6) is 0.0503. The molecule has 1 atom stereocenters. The molecule has 2 aromatic rings. The molecule has 0 fully saturated rings. The number of ether oxygens (including phenoxy) is 3. The first-order valence-corrected chi connectivity index (χ1v) is 9.37. The molecule has 0 aliphatic rings. The van der Waals surface area contributed by atoms with E-state index in [0.29, 0.717) is 24.7 Å². The van der Waals surface area contributed by atoms with E-state index in [1.54, 1.807) is 18.2 Å². The molecule has 1 amide bonds. The fourth-order valence-corrected chi connectivity index (χ4v) is 2.36. The molecule has 0 unspecified atom stereocenters. The zero-order chi connectivity index (χ0) is 20.4. The molecule has 0 aromatic heterocycles. The Morgan fingerprint density at radius 1 is 1.00 bits per heavy atom. The monoisotopic (exact) mass is 385 g/mol. The second kappa shape index (κ2) is 11.0. The van der Waals surface area contributed by atoms with Crippen molar-refractivity contribution in [2.24, 2.45) is 0 Å². The smallest absolute Gasteiger partial charge is 0.344 e. The SMILES string of the molecule is CCCOc1ccccc1OCC(=O)O[C@@H](C)C(=O)NCc1ccc(C)cc1. The van der Waals surface area contributed by atoms with Crippen LogP contribution < -0.4 is 14.8 Å². The van der Waals surface area contributed by atoms with Crippen LogP contribution in [0.4, 0.5) is 0 Å². The minimum absolute atomic E-state index is 0.303. The molecule has 1 N–H and O–H groups in total. The molecule has 0 saturated carbocycles. The third-order valence-electron chi connectivity index (χ3n) is 3.92. The summed E-state index contributed by atoms with van der Waals surface area (Å²) in [5, 5.41) is 2.75. The number of carbonyl (C=O) groups is 2. The van der Waals surface area contributed by atoms with Gasteiger partial charge >= 0.3 is 5.97 Å². The van der Waals surface area contributed by atoms with E-state index in [0.717, 1.165) is 17.5 Å². The first-order chi connectivity index (χ1) is 13.5. The second-order valence-corrected chi connectivity index (χ2v) is 6.42. The van der Waals surface area contributed by atoms with Crippen LogP contribution in [0, 0.1) is 6.92 Å². The third kappa shape index (κ3) is 6.95. The van der Waals surface area contributed by atoms with Gasteiger partial charge in [-0.15, -0.1) is 0 Å². The molecule has 28 heavy (non-hydrogen) atoms. The number of amides is 1. The largest absolute Gasteiger partial charge is 0.490 e. The predicted octanol–water partition coefficient (Wildman–Crippen LogP) is 3.41. The summed E-state index contributed by atoms with van der Waals surface area (Å²) >= 11 is 0. The summed E-state index contributed by atoms with van der Waals surface area (Å²) in [4.78, 5) is 24.1. The predicted molar refractivity (Wildman–Crippen MR) is 106 cm³/mol. The lowest BCUT2D eigenvalue weighted by Gasteiger charge is -2.15. The summed E-state index contributed by atoms with van der Waals surface area (Å²) in [5.41, 5.74) is 2.13. The molecule has 150 valence electrons. The van der Waals surface area contributed by atoms with E-state index in [1.165, 1.54) is 6.92 Å². The van der Waals surface area contributed by atoms with Crippen molar-refractivity contribution < 1.29 is 23.8 Å². The van der Waals surface area contributed by atoms with Crippen molar-refractivity contribution in [1.29, 1.82) is 0 Å². The Morgan fingerprint density at radius 3 is 2.29 bits per heavy atom. The fourth-order valence-electron chi connectivity index (χ4n) is 2.36. The maximum atomic E-state index is 12.1. The van der Waals surface area contributed by atoms with Crippen LogP contribution >= 0.6 is 0 Å².